The lowest BCUT2D eigenvalue weighted by Crippen LogP contribution is -2.20. The standard InChI is InChI=1S/C11H15F9Si/c12-5(9(15)16)1-4(2-6(13)10(17)18)8(21)3-7(14)11(19)20/h5-7,9-11H,1-3H2,21H3. The molecular formula is C11H15F9Si. The summed E-state index contributed by atoms with van der Waals surface area (Å²) in [7, 11) is -0.148. The summed E-state index contributed by atoms with van der Waals surface area (Å²) < 4.78 is 111. The van der Waals surface area contributed by atoms with Crippen molar-refractivity contribution in [1.82, 2.24) is 0 Å². The van der Waals surface area contributed by atoms with E-state index in [2.05, 4.69) is 0 Å². The van der Waals surface area contributed by atoms with Crippen molar-refractivity contribution in [1.29, 1.82) is 0 Å². The van der Waals surface area contributed by atoms with Crippen LogP contribution in [0.4, 0.5) is 39.5 Å². The number of halogens is 9. The summed E-state index contributed by atoms with van der Waals surface area (Å²) in [4.78, 5) is 0. The molecule has 3 atom stereocenters. The van der Waals surface area contributed by atoms with Crippen molar-refractivity contribution in [3.05, 3.63) is 10.8 Å². The Morgan fingerprint density at radius 2 is 0.857 bits per heavy atom. The average Bonchev–Trinajstić information content (AvgIpc) is 2.36. The SMILES string of the molecule is FC(F)C(F)CC([SiH3])=C(CC(F)C(F)F)CC(F)C(F)F. The number of hydrogen-bond acceptors (Lipinski definition) is 0. The van der Waals surface area contributed by atoms with E-state index in [1.165, 1.54) is 0 Å². The Morgan fingerprint density at radius 3 is 1.14 bits per heavy atom. The maximum Gasteiger partial charge on any atom is 0.269 e. The van der Waals surface area contributed by atoms with Crippen molar-refractivity contribution in [2.24, 2.45) is 0 Å². The van der Waals surface area contributed by atoms with Crippen molar-refractivity contribution >= 4 is 10.2 Å². The van der Waals surface area contributed by atoms with Crippen LogP contribution in [0, 0.1) is 0 Å². The van der Waals surface area contributed by atoms with Gasteiger partial charge in [-0.3, -0.25) is 0 Å². The molecule has 0 N–H and O–H groups in total. The molecule has 0 heterocycles. The fourth-order valence-electron chi connectivity index (χ4n) is 1.61. The highest BCUT2D eigenvalue weighted by atomic mass is 28.1. The molecule has 0 bridgehead atoms. The van der Waals surface area contributed by atoms with Crippen molar-refractivity contribution < 1.29 is 39.5 Å². The van der Waals surface area contributed by atoms with Gasteiger partial charge in [-0.05, 0) is 0 Å². The summed E-state index contributed by atoms with van der Waals surface area (Å²) in [6.07, 6.45) is -21.3. The lowest BCUT2D eigenvalue weighted by molar-refractivity contribution is 0.0389. The molecule has 0 aromatic rings. The van der Waals surface area contributed by atoms with Gasteiger partial charge in [-0.2, -0.15) is 0 Å². The maximum absolute atomic E-state index is 13.0. The molecule has 0 aliphatic heterocycles. The molecule has 0 spiro atoms. The van der Waals surface area contributed by atoms with Gasteiger partial charge in [0.2, 0.25) is 0 Å². The summed E-state index contributed by atoms with van der Waals surface area (Å²) in [5.74, 6) is 0. The van der Waals surface area contributed by atoms with E-state index in [4.69, 9.17) is 0 Å². The van der Waals surface area contributed by atoms with Crippen LogP contribution in [0.2, 0.25) is 0 Å². The third kappa shape index (κ3) is 7.77. The Labute approximate surface area is 118 Å². The first-order chi connectivity index (χ1) is 9.56. The van der Waals surface area contributed by atoms with Crippen LogP contribution in [0.1, 0.15) is 19.3 Å². The second kappa shape index (κ2) is 9.37. The van der Waals surface area contributed by atoms with E-state index >= 15 is 0 Å². The van der Waals surface area contributed by atoms with Gasteiger partial charge in [0.1, 0.15) is 0 Å². The molecule has 3 unspecified atom stereocenters. The van der Waals surface area contributed by atoms with Gasteiger partial charge < -0.3 is 0 Å². The molecule has 0 amide bonds. The van der Waals surface area contributed by atoms with Crippen LogP contribution < -0.4 is 0 Å². The zero-order chi connectivity index (χ0) is 16.7. The second-order valence-electron chi connectivity index (χ2n) is 4.55. The van der Waals surface area contributed by atoms with Crippen molar-refractivity contribution in [2.75, 3.05) is 0 Å². The Balaban J connectivity index is 5.07. The van der Waals surface area contributed by atoms with Crippen LogP contribution in [0.15, 0.2) is 10.8 Å². The summed E-state index contributed by atoms with van der Waals surface area (Å²) >= 11 is 0. The summed E-state index contributed by atoms with van der Waals surface area (Å²) in [6, 6.07) is 0. The third-order valence-electron chi connectivity index (χ3n) is 2.81. The van der Waals surface area contributed by atoms with Gasteiger partial charge in [0.25, 0.3) is 19.3 Å². The summed E-state index contributed by atoms with van der Waals surface area (Å²) in [5, 5.41) is -0.186. The Bertz CT molecular complexity index is 314. The molecular weight excluding hydrogens is 331 g/mol. The largest absolute Gasteiger partial charge is 0.269 e. The van der Waals surface area contributed by atoms with E-state index in [9.17, 15) is 39.5 Å². The molecule has 0 saturated carbocycles. The number of allylic oxidation sites excluding steroid dienone is 2. The topological polar surface area (TPSA) is 0 Å². The molecule has 0 aromatic heterocycles. The van der Waals surface area contributed by atoms with Gasteiger partial charge in [0, 0.05) is 29.5 Å². The van der Waals surface area contributed by atoms with Crippen LogP contribution >= 0.6 is 0 Å². The van der Waals surface area contributed by atoms with Gasteiger partial charge in [-0.15, -0.1) is 0 Å². The maximum atomic E-state index is 13.0. The van der Waals surface area contributed by atoms with Gasteiger partial charge in [0.05, 0.1) is 0 Å². The van der Waals surface area contributed by atoms with Crippen LogP contribution in [-0.2, 0) is 0 Å². The quantitative estimate of drug-likeness (QED) is 0.442. The van der Waals surface area contributed by atoms with E-state index in [1.54, 1.807) is 0 Å². The molecule has 10 heteroatoms. The van der Waals surface area contributed by atoms with Crippen molar-refractivity contribution in [2.45, 2.75) is 57.1 Å². The molecule has 21 heavy (non-hydrogen) atoms. The monoisotopic (exact) mass is 346 g/mol. The summed E-state index contributed by atoms with van der Waals surface area (Å²) in [5.41, 5.74) is -0.467. The van der Waals surface area contributed by atoms with Gasteiger partial charge in [-0.1, -0.05) is 10.8 Å². The minimum Gasteiger partial charge on any atom is -0.241 e. The number of rotatable bonds is 9. The minimum absolute atomic E-state index is 0.148. The first-order valence-corrected chi connectivity index (χ1v) is 7.00. The fraction of sp³-hybridized carbons (Fsp3) is 0.818. The van der Waals surface area contributed by atoms with Crippen LogP contribution in [-0.4, -0.2) is 48.0 Å². The molecule has 0 radical (unpaired) electrons. The Hall–Kier alpha value is -0.673. The average molecular weight is 346 g/mol. The third-order valence-corrected chi connectivity index (χ3v) is 3.92. The van der Waals surface area contributed by atoms with Crippen LogP contribution in [0.5, 0.6) is 0 Å². The van der Waals surface area contributed by atoms with E-state index in [0.29, 0.717) is 0 Å². The molecule has 0 fully saturated rings. The highest BCUT2D eigenvalue weighted by Gasteiger charge is 2.28. The Kier molecular flexibility index (Phi) is 9.07. The van der Waals surface area contributed by atoms with Crippen molar-refractivity contribution in [3.8, 4) is 0 Å². The van der Waals surface area contributed by atoms with Gasteiger partial charge in [-0.25, -0.2) is 39.5 Å². The highest BCUT2D eigenvalue weighted by molar-refractivity contribution is 6.22. The Morgan fingerprint density at radius 1 is 0.571 bits per heavy atom. The number of alkyl halides is 9. The lowest BCUT2D eigenvalue weighted by Gasteiger charge is -2.18. The number of hydrogen-bond donors (Lipinski definition) is 0. The molecule has 0 aliphatic rings. The van der Waals surface area contributed by atoms with Crippen LogP contribution in [0.25, 0.3) is 0 Å². The van der Waals surface area contributed by atoms with E-state index in [-0.39, 0.29) is 15.4 Å². The van der Waals surface area contributed by atoms with E-state index < -0.39 is 62.6 Å². The molecule has 0 nitrogen and oxygen atoms in total. The molecule has 0 saturated heterocycles. The van der Waals surface area contributed by atoms with Gasteiger partial charge in [0.15, 0.2) is 18.5 Å². The van der Waals surface area contributed by atoms with Gasteiger partial charge >= 0.3 is 0 Å². The smallest absolute Gasteiger partial charge is 0.241 e. The second-order valence-corrected chi connectivity index (χ2v) is 5.75. The molecule has 0 rings (SSSR count). The first kappa shape index (κ1) is 20.3. The minimum atomic E-state index is -3.42. The van der Waals surface area contributed by atoms with Crippen molar-refractivity contribution in [3.63, 3.8) is 0 Å². The predicted molar refractivity (Wildman–Crippen MR) is 63.5 cm³/mol. The zero-order valence-electron chi connectivity index (χ0n) is 11.0. The normalized spacial score (nSPS) is 16.6. The van der Waals surface area contributed by atoms with E-state index in [1.807, 2.05) is 0 Å². The highest BCUT2D eigenvalue weighted by Crippen LogP contribution is 2.27. The molecule has 126 valence electrons. The van der Waals surface area contributed by atoms with E-state index in [0.717, 1.165) is 0 Å². The molecule has 0 aromatic carbocycles. The summed E-state index contributed by atoms with van der Waals surface area (Å²) in [6.45, 7) is 0. The van der Waals surface area contributed by atoms with Crippen LogP contribution in [0.3, 0.4) is 0 Å². The lowest BCUT2D eigenvalue weighted by atomic mass is 10.0. The fourth-order valence-corrected chi connectivity index (χ4v) is 2.40. The first-order valence-electron chi connectivity index (χ1n) is 6.00. The molecule has 0 aliphatic carbocycles. The zero-order valence-corrected chi connectivity index (χ0v) is 13.0. The predicted octanol–water partition coefficient (Wildman–Crippen LogP) is 3.59.